The Kier molecular flexibility index (Phi) is 8.60. The molecule has 0 radical (unpaired) electrons. The van der Waals surface area contributed by atoms with Crippen LogP contribution in [0.1, 0.15) is 48.4 Å². The highest BCUT2D eigenvalue weighted by atomic mass is 16.5. The van der Waals surface area contributed by atoms with Crippen LogP contribution in [-0.4, -0.2) is 39.0 Å². The molecule has 0 aromatic heterocycles. The number of benzene rings is 3. The van der Waals surface area contributed by atoms with E-state index in [0.29, 0.717) is 30.2 Å². The van der Waals surface area contributed by atoms with Gasteiger partial charge in [0.15, 0.2) is 11.5 Å². The first-order chi connectivity index (χ1) is 17.6. The Morgan fingerprint density at radius 1 is 0.972 bits per heavy atom. The number of aromatic hydroxyl groups is 1. The maximum absolute atomic E-state index is 10.9. The summed E-state index contributed by atoms with van der Waals surface area (Å²) < 4.78 is 17.3. The highest BCUT2D eigenvalue weighted by Crippen LogP contribution is 2.47. The van der Waals surface area contributed by atoms with Gasteiger partial charge < -0.3 is 30.4 Å². The van der Waals surface area contributed by atoms with Crippen molar-refractivity contribution in [3.8, 4) is 34.1 Å². The lowest BCUT2D eigenvalue weighted by molar-refractivity contribution is 0.314. The third-order valence-electron chi connectivity index (χ3n) is 6.87. The van der Waals surface area contributed by atoms with Gasteiger partial charge in [0.05, 0.1) is 14.2 Å². The number of fused-ring (bicyclic) bond motifs is 1. The average Bonchev–Trinajstić information content (AvgIpc) is 2.90. The number of phenolic OH excluding ortho intramolecular Hbond substituents is 1. The van der Waals surface area contributed by atoms with Crippen LogP contribution in [-0.2, 0) is 19.3 Å². The average molecular weight is 491 g/mol. The number of phenols is 1. The maximum atomic E-state index is 10.9. The van der Waals surface area contributed by atoms with E-state index < -0.39 is 0 Å². The second-order valence-electron chi connectivity index (χ2n) is 9.28. The number of anilines is 1. The second kappa shape index (κ2) is 12.0. The molecular weight excluding hydrogens is 452 g/mol. The van der Waals surface area contributed by atoms with E-state index in [1.165, 1.54) is 17.5 Å². The molecule has 6 heteroatoms. The van der Waals surface area contributed by atoms with E-state index in [-0.39, 0.29) is 5.75 Å². The highest BCUT2D eigenvalue weighted by Gasteiger charge is 2.24. The normalized spacial score (nSPS) is 12.8. The molecule has 6 nitrogen and oxygen atoms in total. The fourth-order valence-electron chi connectivity index (χ4n) is 5.03. The molecule has 0 saturated carbocycles. The van der Waals surface area contributed by atoms with Crippen LogP contribution in [0.4, 0.5) is 5.69 Å². The van der Waals surface area contributed by atoms with E-state index >= 15 is 0 Å². The largest absolute Gasteiger partial charge is 0.507 e. The minimum Gasteiger partial charge on any atom is -0.507 e. The molecule has 36 heavy (non-hydrogen) atoms. The van der Waals surface area contributed by atoms with Crippen molar-refractivity contribution in [2.75, 3.05) is 39.6 Å². The molecular formula is C30H38N2O4. The summed E-state index contributed by atoms with van der Waals surface area (Å²) in [7, 11) is 3.26. The van der Waals surface area contributed by atoms with Crippen LogP contribution in [0.5, 0.6) is 23.0 Å². The summed E-state index contributed by atoms with van der Waals surface area (Å²) in [6.45, 7) is 4.60. The first-order valence-electron chi connectivity index (χ1n) is 12.9. The Hall–Kier alpha value is -3.38. The van der Waals surface area contributed by atoms with Crippen LogP contribution in [0.15, 0.2) is 42.5 Å². The minimum absolute atomic E-state index is 0.246. The highest BCUT2D eigenvalue weighted by molar-refractivity contribution is 5.88. The van der Waals surface area contributed by atoms with Gasteiger partial charge in [0.1, 0.15) is 18.1 Å². The summed E-state index contributed by atoms with van der Waals surface area (Å²) in [5.41, 5.74) is 13.4. The number of hydrogen-bond donors (Lipinski definition) is 3. The van der Waals surface area contributed by atoms with E-state index in [2.05, 4.69) is 24.4 Å². The zero-order valence-electron chi connectivity index (χ0n) is 21.7. The molecule has 0 heterocycles. The van der Waals surface area contributed by atoms with Crippen molar-refractivity contribution in [1.29, 1.82) is 0 Å². The van der Waals surface area contributed by atoms with Crippen molar-refractivity contribution >= 4 is 5.69 Å². The summed E-state index contributed by atoms with van der Waals surface area (Å²) in [6.07, 6.45) is 5.89. The third-order valence-corrected chi connectivity index (χ3v) is 6.87. The summed E-state index contributed by atoms with van der Waals surface area (Å²) in [4.78, 5) is 0. The molecule has 4 N–H and O–H groups in total. The third kappa shape index (κ3) is 5.54. The number of nitrogens with two attached hydrogens (primary N) is 1. The topological polar surface area (TPSA) is 86.0 Å². The van der Waals surface area contributed by atoms with Gasteiger partial charge in [-0.1, -0.05) is 25.1 Å². The van der Waals surface area contributed by atoms with Gasteiger partial charge in [0.2, 0.25) is 0 Å². The van der Waals surface area contributed by atoms with Gasteiger partial charge in [-0.25, -0.2) is 0 Å². The Bertz CT molecular complexity index is 1170. The van der Waals surface area contributed by atoms with Crippen LogP contribution in [0, 0.1) is 0 Å². The molecule has 3 aromatic rings. The van der Waals surface area contributed by atoms with Crippen molar-refractivity contribution in [2.24, 2.45) is 0 Å². The van der Waals surface area contributed by atoms with Crippen LogP contribution in [0.3, 0.4) is 0 Å². The van der Waals surface area contributed by atoms with E-state index in [1.807, 2.05) is 24.3 Å². The lowest BCUT2D eigenvalue weighted by Gasteiger charge is -2.24. The zero-order chi connectivity index (χ0) is 25.5. The van der Waals surface area contributed by atoms with E-state index in [9.17, 15) is 5.11 Å². The van der Waals surface area contributed by atoms with Crippen molar-refractivity contribution < 1.29 is 19.3 Å². The molecule has 192 valence electrons. The Morgan fingerprint density at radius 2 is 1.75 bits per heavy atom. The molecule has 0 fully saturated rings. The Morgan fingerprint density at radius 3 is 2.47 bits per heavy atom. The zero-order valence-corrected chi connectivity index (χ0v) is 21.7. The van der Waals surface area contributed by atoms with Crippen LogP contribution < -0.4 is 25.3 Å². The molecule has 1 aliphatic carbocycles. The monoisotopic (exact) mass is 490 g/mol. The molecule has 0 bridgehead atoms. The molecule has 0 aliphatic heterocycles. The second-order valence-corrected chi connectivity index (χ2v) is 9.28. The van der Waals surface area contributed by atoms with Gasteiger partial charge in [-0.2, -0.15) is 0 Å². The molecule has 3 aromatic carbocycles. The van der Waals surface area contributed by atoms with Gasteiger partial charge in [-0.05, 0) is 79.6 Å². The standard InChI is InChI=1S/C30H38N2O4/c1-4-15-32-16-17-36-22-12-9-20(10-13-22)18-25-29(31)24(19-27(34-2)30(25)35-3)28-23-8-6-5-7-21(23)11-14-26(28)33/h9-14,19,32-33H,4-8,15-18,31H2,1-3H3. The quantitative estimate of drug-likeness (QED) is 0.243. The number of nitrogens with one attached hydrogen (secondary N) is 1. The summed E-state index contributed by atoms with van der Waals surface area (Å²) >= 11 is 0. The number of rotatable bonds is 11. The summed E-state index contributed by atoms with van der Waals surface area (Å²) in [5.74, 6) is 2.30. The van der Waals surface area contributed by atoms with Crippen molar-refractivity contribution in [1.82, 2.24) is 5.32 Å². The first kappa shape index (κ1) is 25.7. The fourth-order valence-corrected chi connectivity index (χ4v) is 5.03. The SMILES string of the molecule is CCCNCCOc1ccc(Cc2c(N)c(-c3c(O)ccc4c3CCCC4)cc(OC)c2OC)cc1. The van der Waals surface area contributed by atoms with Crippen molar-refractivity contribution in [3.05, 3.63) is 64.7 Å². The van der Waals surface area contributed by atoms with Crippen LogP contribution >= 0.6 is 0 Å². The van der Waals surface area contributed by atoms with Crippen molar-refractivity contribution in [3.63, 3.8) is 0 Å². The van der Waals surface area contributed by atoms with E-state index in [4.69, 9.17) is 19.9 Å². The Balaban J connectivity index is 1.67. The maximum Gasteiger partial charge on any atom is 0.166 e. The summed E-state index contributed by atoms with van der Waals surface area (Å²) in [5, 5.41) is 14.3. The predicted octanol–water partition coefficient (Wildman–Crippen LogP) is 5.51. The van der Waals surface area contributed by atoms with Gasteiger partial charge in [-0.15, -0.1) is 0 Å². The number of methoxy groups -OCH3 is 2. The number of aryl methyl sites for hydroxylation is 1. The lowest BCUT2D eigenvalue weighted by atomic mass is 9.84. The lowest BCUT2D eigenvalue weighted by Crippen LogP contribution is -2.21. The van der Waals surface area contributed by atoms with Gasteiger partial charge in [0, 0.05) is 35.3 Å². The number of hydrogen-bond acceptors (Lipinski definition) is 6. The fraction of sp³-hybridized carbons (Fsp3) is 0.400. The summed E-state index contributed by atoms with van der Waals surface area (Å²) in [6, 6.07) is 13.8. The van der Waals surface area contributed by atoms with Crippen LogP contribution in [0.2, 0.25) is 0 Å². The smallest absolute Gasteiger partial charge is 0.166 e. The molecule has 0 saturated heterocycles. The van der Waals surface area contributed by atoms with E-state index in [0.717, 1.165) is 66.8 Å². The molecule has 1 aliphatic rings. The molecule has 0 spiro atoms. The predicted molar refractivity (Wildman–Crippen MR) is 146 cm³/mol. The molecule has 0 unspecified atom stereocenters. The van der Waals surface area contributed by atoms with Gasteiger partial charge in [-0.3, -0.25) is 0 Å². The van der Waals surface area contributed by atoms with Crippen molar-refractivity contribution in [2.45, 2.75) is 45.4 Å². The van der Waals surface area contributed by atoms with E-state index in [1.54, 1.807) is 20.3 Å². The first-order valence-corrected chi connectivity index (χ1v) is 12.9. The number of ether oxygens (including phenoxy) is 3. The van der Waals surface area contributed by atoms with Crippen LogP contribution in [0.25, 0.3) is 11.1 Å². The molecule has 0 atom stereocenters. The Labute approximate surface area is 214 Å². The molecule has 4 rings (SSSR count). The minimum atomic E-state index is 0.246. The molecule has 0 amide bonds. The van der Waals surface area contributed by atoms with Gasteiger partial charge in [0.25, 0.3) is 0 Å². The number of nitrogen functional groups attached to an aromatic ring is 1. The van der Waals surface area contributed by atoms with Gasteiger partial charge >= 0.3 is 0 Å².